The van der Waals surface area contributed by atoms with Gasteiger partial charge in [0.2, 0.25) is 0 Å². The van der Waals surface area contributed by atoms with E-state index in [2.05, 4.69) is 30.2 Å². The van der Waals surface area contributed by atoms with Crippen LogP contribution in [0, 0.1) is 23.7 Å². The summed E-state index contributed by atoms with van der Waals surface area (Å²) in [4.78, 5) is 4.29. The van der Waals surface area contributed by atoms with Crippen molar-refractivity contribution in [2.24, 2.45) is 5.41 Å². The molecule has 0 aliphatic heterocycles. The SMILES string of the molecule is Cc1ccnc(NC2CCC(C)(C)C2)c1C#N. The molecular weight excluding hydrogens is 210 g/mol. The zero-order chi connectivity index (χ0) is 12.5. The molecule has 1 N–H and O–H groups in total. The van der Waals surface area contributed by atoms with Crippen LogP contribution in [0.5, 0.6) is 0 Å². The van der Waals surface area contributed by atoms with Crippen molar-refractivity contribution in [1.29, 1.82) is 5.26 Å². The van der Waals surface area contributed by atoms with E-state index in [1.54, 1.807) is 6.20 Å². The minimum Gasteiger partial charge on any atom is -0.366 e. The van der Waals surface area contributed by atoms with Crippen molar-refractivity contribution in [1.82, 2.24) is 4.98 Å². The Morgan fingerprint density at radius 2 is 2.29 bits per heavy atom. The van der Waals surface area contributed by atoms with Crippen LogP contribution in [-0.2, 0) is 0 Å². The maximum Gasteiger partial charge on any atom is 0.144 e. The van der Waals surface area contributed by atoms with E-state index < -0.39 is 0 Å². The van der Waals surface area contributed by atoms with E-state index in [1.807, 2.05) is 13.0 Å². The predicted molar refractivity (Wildman–Crippen MR) is 68.7 cm³/mol. The summed E-state index contributed by atoms with van der Waals surface area (Å²) in [7, 11) is 0. The number of pyridine rings is 1. The van der Waals surface area contributed by atoms with Gasteiger partial charge in [-0.2, -0.15) is 5.26 Å². The minimum absolute atomic E-state index is 0.411. The summed E-state index contributed by atoms with van der Waals surface area (Å²) in [5.74, 6) is 0.746. The van der Waals surface area contributed by atoms with Crippen LogP contribution in [-0.4, -0.2) is 11.0 Å². The van der Waals surface area contributed by atoms with Crippen molar-refractivity contribution in [2.45, 2.75) is 46.1 Å². The molecule has 90 valence electrons. The highest BCUT2D eigenvalue weighted by atomic mass is 15.0. The van der Waals surface area contributed by atoms with Gasteiger partial charge in [0.05, 0.1) is 5.56 Å². The smallest absolute Gasteiger partial charge is 0.144 e. The summed E-state index contributed by atoms with van der Waals surface area (Å²) < 4.78 is 0. The summed E-state index contributed by atoms with van der Waals surface area (Å²) in [5, 5.41) is 12.6. The van der Waals surface area contributed by atoms with Crippen molar-refractivity contribution in [3.63, 3.8) is 0 Å². The molecule has 17 heavy (non-hydrogen) atoms. The fourth-order valence-corrected chi connectivity index (χ4v) is 2.56. The molecule has 1 aromatic heterocycles. The van der Waals surface area contributed by atoms with Gasteiger partial charge in [0.25, 0.3) is 0 Å². The summed E-state index contributed by atoms with van der Waals surface area (Å²) in [5.41, 5.74) is 2.08. The highest BCUT2D eigenvalue weighted by molar-refractivity contribution is 5.55. The van der Waals surface area contributed by atoms with E-state index in [9.17, 15) is 0 Å². The first-order valence-electron chi connectivity index (χ1n) is 6.14. The van der Waals surface area contributed by atoms with E-state index in [4.69, 9.17) is 5.26 Å². The van der Waals surface area contributed by atoms with Crippen LogP contribution in [0.15, 0.2) is 12.3 Å². The molecule has 1 unspecified atom stereocenters. The van der Waals surface area contributed by atoms with Gasteiger partial charge in [0.15, 0.2) is 0 Å². The minimum atomic E-state index is 0.411. The van der Waals surface area contributed by atoms with Gasteiger partial charge in [-0.3, -0.25) is 0 Å². The first-order chi connectivity index (χ1) is 8.02. The van der Waals surface area contributed by atoms with E-state index in [0.29, 0.717) is 17.0 Å². The summed E-state index contributed by atoms with van der Waals surface area (Å²) in [6, 6.07) is 4.56. The van der Waals surface area contributed by atoms with Crippen molar-refractivity contribution >= 4 is 5.82 Å². The molecule has 1 saturated carbocycles. The fraction of sp³-hybridized carbons (Fsp3) is 0.571. The van der Waals surface area contributed by atoms with Crippen molar-refractivity contribution < 1.29 is 0 Å². The van der Waals surface area contributed by atoms with Crippen LogP contribution in [0.3, 0.4) is 0 Å². The Morgan fingerprint density at radius 1 is 1.53 bits per heavy atom. The summed E-state index contributed by atoms with van der Waals surface area (Å²) >= 11 is 0. The second kappa shape index (κ2) is 4.37. The topological polar surface area (TPSA) is 48.7 Å². The van der Waals surface area contributed by atoms with E-state index in [1.165, 1.54) is 6.42 Å². The molecule has 0 bridgehead atoms. The maximum atomic E-state index is 9.15. The van der Waals surface area contributed by atoms with E-state index in [0.717, 1.165) is 24.2 Å². The van der Waals surface area contributed by atoms with Gasteiger partial charge in [-0.05, 0) is 43.2 Å². The first-order valence-corrected chi connectivity index (χ1v) is 6.14. The van der Waals surface area contributed by atoms with Crippen LogP contribution >= 0.6 is 0 Å². The average Bonchev–Trinajstić information content (AvgIpc) is 2.58. The molecule has 1 fully saturated rings. The fourth-order valence-electron chi connectivity index (χ4n) is 2.56. The Kier molecular flexibility index (Phi) is 3.06. The molecule has 1 aromatic rings. The highest BCUT2D eigenvalue weighted by Gasteiger charge is 2.31. The van der Waals surface area contributed by atoms with Gasteiger partial charge in [-0.25, -0.2) is 4.98 Å². The van der Waals surface area contributed by atoms with Gasteiger partial charge >= 0.3 is 0 Å². The van der Waals surface area contributed by atoms with Gasteiger partial charge in [-0.1, -0.05) is 13.8 Å². The summed E-state index contributed by atoms with van der Waals surface area (Å²) in [6.45, 7) is 6.54. The lowest BCUT2D eigenvalue weighted by molar-refractivity contribution is 0.378. The van der Waals surface area contributed by atoms with Crippen molar-refractivity contribution in [2.75, 3.05) is 5.32 Å². The van der Waals surface area contributed by atoms with Crippen LogP contribution in [0.25, 0.3) is 0 Å². The van der Waals surface area contributed by atoms with Crippen molar-refractivity contribution in [3.8, 4) is 6.07 Å². The standard InChI is InChI=1S/C14H19N3/c1-10-5-7-16-13(12(10)9-15)17-11-4-6-14(2,3)8-11/h5,7,11H,4,6,8H2,1-3H3,(H,16,17). The van der Waals surface area contributed by atoms with Crippen LogP contribution in [0.4, 0.5) is 5.82 Å². The molecule has 2 rings (SSSR count). The van der Waals surface area contributed by atoms with Crippen LogP contribution in [0.2, 0.25) is 0 Å². The Labute approximate surface area is 103 Å². The number of nitrogens with zero attached hydrogens (tertiary/aromatic N) is 2. The molecule has 3 nitrogen and oxygen atoms in total. The number of nitrogens with one attached hydrogen (secondary N) is 1. The van der Waals surface area contributed by atoms with Gasteiger partial charge in [0, 0.05) is 12.2 Å². The Morgan fingerprint density at radius 3 is 2.88 bits per heavy atom. The second-order valence-electron chi connectivity index (χ2n) is 5.71. The van der Waals surface area contributed by atoms with Gasteiger partial charge < -0.3 is 5.32 Å². The number of nitriles is 1. The first kappa shape index (κ1) is 11.9. The Balaban J connectivity index is 2.15. The molecule has 0 amide bonds. The molecule has 0 aromatic carbocycles. The third-order valence-electron chi connectivity index (χ3n) is 3.58. The zero-order valence-corrected chi connectivity index (χ0v) is 10.7. The molecule has 0 radical (unpaired) electrons. The quantitative estimate of drug-likeness (QED) is 0.846. The monoisotopic (exact) mass is 229 g/mol. The van der Waals surface area contributed by atoms with Crippen LogP contribution in [0.1, 0.15) is 44.2 Å². The zero-order valence-electron chi connectivity index (χ0n) is 10.7. The maximum absolute atomic E-state index is 9.15. The number of aromatic nitrogens is 1. The third-order valence-corrected chi connectivity index (χ3v) is 3.58. The molecule has 0 saturated heterocycles. The van der Waals surface area contributed by atoms with Crippen LogP contribution < -0.4 is 5.32 Å². The van der Waals surface area contributed by atoms with E-state index >= 15 is 0 Å². The second-order valence-corrected chi connectivity index (χ2v) is 5.71. The molecule has 3 heteroatoms. The average molecular weight is 229 g/mol. The molecule has 1 aliphatic rings. The largest absolute Gasteiger partial charge is 0.366 e. The predicted octanol–water partition coefficient (Wildman–Crippen LogP) is 3.25. The van der Waals surface area contributed by atoms with Gasteiger partial charge in [-0.15, -0.1) is 0 Å². The Hall–Kier alpha value is -1.56. The normalized spacial score (nSPS) is 22.1. The van der Waals surface area contributed by atoms with Crippen molar-refractivity contribution in [3.05, 3.63) is 23.4 Å². The molecule has 1 atom stereocenters. The summed E-state index contributed by atoms with van der Waals surface area (Å²) in [6.07, 6.45) is 5.30. The molecule has 1 heterocycles. The number of aryl methyl sites for hydroxylation is 1. The lowest BCUT2D eigenvalue weighted by atomic mass is 9.92. The highest BCUT2D eigenvalue weighted by Crippen LogP contribution is 2.38. The molecule has 1 aliphatic carbocycles. The lowest BCUT2D eigenvalue weighted by Gasteiger charge is -2.18. The number of hydrogen-bond acceptors (Lipinski definition) is 3. The lowest BCUT2D eigenvalue weighted by Crippen LogP contribution is -2.19. The van der Waals surface area contributed by atoms with E-state index in [-0.39, 0.29) is 0 Å². The Bertz CT molecular complexity index is 457. The number of rotatable bonds is 2. The van der Waals surface area contributed by atoms with Gasteiger partial charge in [0.1, 0.15) is 11.9 Å². The number of hydrogen-bond donors (Lipinski definition) is 1. The third kappa shape index (κ3) is 2.58. The molecular formula is C14H19N3. The molecule has 0 spiro atoms. The number of anilines is 1.